The number of aryl methyl sites for hydroxylation is 1. The molecule has 0 radical (unpaired) electrons. The minimum atomic E-state index is 0.491. The number of hydrogen-bond acceptors (Lipinski definition) is 3. The normalized spacial score (nSPS) is 10.9. The van der Waals surface area contributed by atoms with Gasteiger partial charge < -0.3 is 0 Å². The predicted octanol–water partition coefficient (Wildman–Crippen LogP) is 2.60. The van der Waals surface area contributed by atoms with Gasteiger partial charge in [0.25, 0.3) is 0 Å². The highest BCUT2D eigenvalue weighted by molar-refractivity contribution is 7.17. The summed E-state index contributed by atoms with van der Waals surface area (Å²) in [6.45, 7) is 2.60. The SMILES string of the molecule is Cc1cccc2scc(CON)c12. The third kappa shape index (κ3) is 1.46. The van der Waals surface area contributed by atoms with Gasteiger partial charge in [-0.05, 0) is 29.5 Å². The molecule has 0 spiro atoms. The number of nitrogens with two attached hydrogens (primary N) is 1. The first-order valence-electron chi connectivity index (χ1n) is 4.10. The minimum Gasteiger partial charge on any atom is -0.300 e. The van der Waals surface area contributed by atoms with Crippen LogP contribution < -0.4 is 5.90 Å². The van der Waals surface area contributed by atoms with E-state index in [4.69, 9.17) is 5.90 Å². The molecule has 1 heterocycles. The molecule has 68 valence electrons. The molecule has 0 aliphatic rings. The molecule has 0 atom stereocenters. The van der Waals surface area contributed by atoms with Crippen molar-refractivity contribution in [2.75, 3.05) is 0 Å². The first kappa shape index (κ1) is 8.69. The molecule has 2 N–H and O–H groups in total. The highest BCUT2D eigenvalue weighted by Gasteiger charge is 2.05. The highest BCUT2D eigenvalue weighted by Crippen LogP contribution is 2.28. The monoisotopic (exact) mass is 193 g/mol. The summed E-state index contributed by atoms with van der Waals surface area (Å²) in [7, 11) is 0. The summed E-state index contributed by atoms with van der Waals surface area (Å²) in [5.74, 6) is 5.07. The van der Waals surface area contributed by atoms with Gasteiger partial charge in [0.1, 0.15) is 0 Å². The summed E-state index contributed by atoms with van der Waals surface area (Å²) in [4.78, 5) is 4.66. The van der Waals surface area contributed by atoms with Crippen molar-refractivity contribution in [1.82, 2.24) is 0 Å². The summed E-state index contributed by atoms with van der Waals surface area (Å²) >= 11 is 1.73. The maximum Gasteiger partial charge on any atom is 0.0944 e. The molecular weight excluding hydrogens is 182 g/mol. The quantitative estimate of drug-likeness (QED) is 0.744. The van der Waals surface area contributed by atoms with Gasteiger partial charge in [-0.25, -0.2) is 5.90 Å². The van der Waals surface area contributed by atoms with Crippen LogP contribution in [0.1, 0.15) is 11.1 Å². The lowest BCUT2D eigenvalue weighted by Crippen LogP contribution is -1.98. The van der Waals surface area contributed by atoms with E-state index in [1.807, 2.05) is 0 Å². The first-order valence-corrected chi connectivity index (χ1v) is 4.98. The van der Waals surface area contributed by atoms with E-state index in [0.29, 0.717) is 6.61 Å². The number of fused-ring (bicyclic) bond motifs is 1. The second-order valence-electron chi connectivity index (χ2n) is 3.02. The smallest absolute Gasteiger partial charge is 0.0944 e. The van der Waals surface area contributed by atoms with Gasteiger partial charge in [-0.2, -0.15) is 0 Å². The summed E-state index contributed by atoms with van der Waals surface area (Å²) in [6.07, 6.45) is 0. The van der Waals surface area contributed by atoms with E-state index in [-0.39, 0.29) is 0 Å². The fourth-order valence-corrected chi connectivity index (χ4v) is 2.56. The van der Waals surface area contributed by atoms with Crippen LogP contribution in [-0.4, -0.2) is 0 Å². The van der Waals surface area contributed by atoms with Crippen molar-refractivity contribution in [2.24, 2.45) is 5.90 Å². The van der Waals surface area contributed by atoms with Crippen molar-refractivity contribution in [1.29, 1.82) is 0 Å². The molecule has 0 bridgehead atoms. The zero-order valence-corrected chi connectivity index (χ0v) is 8.23. The summed E-state index contributed by atoms with van der Waals surface area (Å²) in [5, 5.41) is 3.39. The molecule has 0 aliphatic heterocycles. The molecule has 0 aliphatic carbocycles. The Labute approximate surface area is 80.9 Å². The van der Waals surface area contributed by atoms with Gasteiger partial charge in [-0.3, -0.25) is 4.84 Å². The molecule has 13 heavy (non-hydrogen) atoms. The van der Waals surface area contributed by atoms with Crippen molar-refractivity contribution < 1.29 is 4.84 Å². The van der Waals surface area contributed by atoms with Gasteiger partial charge in [-0.15, -0.1) is 11.3 Å². The average Bonchev–Trinajstić information content (AvgIpc) is 2.51. The van der Waals surface area contributed by atoms with Crippen LogP contribution in [-0.2, 0) is 11.4 Å². The maximum absolute atomic E-state index is 5.07. The zero-order valence-electron chi connectivity index (χ0n) is 7.41. The van der Waals surface area contributed by atoms with E-state index in [9.17, 15) is 0 Å². The van der Waals surface area contributed by atoms with Crippen molar-refractivity contribution in [3.8, 4) is 0 Å². The molecule has 0 saturated heterocycles. The second kappa shape index (κ2) is 3.46. The third-order valence-corrected chi connectivity index (χ3v) is 3.12. The van der Waals surface area contributed by atoms with Crippen LogP contribution >= 0.6 is 11.3 Å². The van der Waals surface area contributed by atoms with Gasteiger partial charge in [0.2, 0.25) is 0 Å². The maximum atomic E-state index is 5.07. The zero-order chi connectivity index (χ0) is 9.26. The number of hydrogen-bond donors (Lipinski definition) is 1. The lowest BCUT2D eigenvalue weighted by atomic mass is 10.1. The molecule has 1 aromatic heterocycles. The van der Waals surface area contributed by atoms with Crippen LogP contribution in [0.25, 0.3) is 10.1 Å². The number of rotatable bonds is 2. The molecule has 1 aromatic carbocycles. The van der Waals surface area contributed by atoms with Crippen LogP contribution in [0.5, 0.6) is 0 Å². The van der Waals surface area contributed by atoms with Gasteiger partial charge >= 0.3 is 0 Å². The van der Waals surface area contributed by atoms with Crippen LogP contribution in [0, 0.1) is 6.92 Å². The molecule has 2 rings (SSSR count). The van der Waals surface area contributed by atoms with Crippen molar-refractivity contribution in [3.05, 3.63) is 34.7 Å². The third-order valence-electron chi connectivity index (χ3n) is 2.12. The Hall–Kier alpha value is -0.900. The van der Waals surface area contributed by atoms with E-state index in [2.05, 4.69) is 35.3 Å². The number of thiophene rings is 1. The van der Waals surface area contributed by atoms with E-state index in [1.165, 1.54) is 21.2 Å². The second-order valence-corrected chi connectivity index (χ2v) is 3.93. The summed E-state index contributed by atoms with van der Waals surface area (Å²) in [5.41, 5.74) is 2.46. The molecule has 2 nitrogen and oxygen atoms in total. The Morgan fingerprint density at radius 1 is 1.46 bits per heavy atom. The van der Waals surface area contributed by atoms with Gasteiger partial charge in [0.05, 0.1) is 6.61 Å². The summed E-state index contributed by atoms with van der Waals surface area (Å²) < 4.78 is 1.30. The van der Waals surface area contributed by atoms with E-state index in [0.717, 1.165) is 0 Å². The van der Waals surface area contributed by atoms with E-state index in [1.54, 1.807) is 11.3 Å². The largest absolute Gasteiger partial charge is 0.300 e. The molecule has 3 heteroatoms. The van der Waals surface area contributed by atoms with E-state index >= 15 is 0 Å². The molecular formula is C10H11NOS. The molecule has 2 aromatic rings. The fourth-order valence-electron chi connectivity index (χ4n) is 1.54. The summed E-state index contributed by atoms with van der Waals surface area (Å²) in [6, 6.07) is 6.29. The first-order chi connectivity index (χ1) is 6.33. The Balaban J connectivity index is 2.64. The van der Waals surface area contributed by atoms with Gasteiger partial charge in [0, 0.05) is 10.1 Å². The Bertz CT molecular complexity index is 422. The van der Waals surface area contributed by atoms with Crippen LogP contribution in [0.3, 0.4) is 0 Å². The lowest BCUT2D eigenvalue weighted by molar-refractivity contribution is 0.125. The Morgan fingerprint density at radius 2 is 2.31 bits per heavy atom. The average molecular weight is 193 g/mol. The standard InChI is InChI=1S/C10H11NOS/c1-7-3-2-4-9-10(7)8(5-12-11)6-13-9/h2-4,6H,5,11H2,1H3. The Kier molecular flexibility index (Phi) is 2.31. The van der Waals surface area contributed by atoms with Crippen LogP contribution in [0.15, 0.2) is 23.6 Å². The van der Waals surface area contributed by atoms with E-state index < -0.39 is 0 Å². The number of benzene rings is 1. The minimum absolute atomic E-state index is 0.491. The predicted molar refractivity (Wildman–Crippen MR) is 55.5 cm³/mol. The van der Waals surface area contributed by atoms with Gasteiger partial charge in [0.15, 0.2) is 0 Å². The molecule has 0 amide bonds. The fraction of sp³-hybridized carbons (Fsp3) is 0.200. The van der Waals surface area contributed by atoms with Crippen LogP contribution in [0.2, 0.25) is 0 Å². The van der Waals surface area contributed by atoms with Crippen molar-refractivity contribution in [3.63, 3.8) is 0 Å². The van der Waals surface area contributed by atoms with Gasteiger partial charge in [-0.1, -0.05) is 12.1 Å². The molecule has 0 unspecified atom stereocenters. The van der Waals surface area contributed by atoms with Crippen molar-refractivity contribution in [2.45, 2.75) is 13.5 Å². The highest BCUT2D eigenvalue weighted by atomic mass is 32.1. The lowest BCUT2D eigenvalue weighted by Gasteiger charge is -1.99. The molecule has 0 saturated carbocycles. The molecule has 0 fully saturated rings. The van der Waals surface area contributed by atoms with Crippen LogP contribution in [0.4, 0.5) is 0 Å². The topological polar surface area (TPSA) is 35.2 Å². The van der Waals surface area contributed by atoms with Crippen molar-refractivity contribution >= 4 is 21.4 Å². The Morgan fingerprint density at radius 3 is 3.08 bits per heavy atom.